The van der Waals surface area contributed by atoms with E-state index >= 15 is 0 Å². The Kier molecular flexibility index (Phi) is 4.24. The van der Waals surface area contributed by atoms with Crippen molar-refractivity contribution in [1.29, 1.82) is 0 Å². The third-order valence-corrected chi connectivity index (χ3v) is 2.66. The first-order chi connectivity index (χ1) is 8.65. The highest BCUT2D eigenvalue weighted by Gasteiger charge is 2.48. The standard InChI is InChI=1S/C9H7F3O6S/c1-16-8(13)17-6-2-4-7(5-3-6)18-19(14,15)9(10,11)12/h2-5H,1H3. The summed E-state index contributed by atoms with van der Waals surface area (Å²) in [7, 11) is -4.66. The van der Waals surface area contributed by atoms with Gasteiger partial charge in [0, 0.05) is 0 Å². The van der Waals surface area contributed by atoms with Gasteiger partial charge in [0.2, 0.25) is 0 Å². The number of carbonyl (C=O) groups excluding carboxylic acids is 1. The van der Waals surface area contributed by atoms with Gasteiger partial charge in [-0.25, -0.2) is 4.79 Å². The summed E-state index contributed by atoms with van der Waals surface area (Å²) in [5, 5.41) is 0. The average molecular weight is 300 g/mol. The summed E-state index contributed by atoms with van der Waals surface area (Å²) in [5.41, 5.74) is -5.52. The van der Waals surface area contributed by atoms with E-state index in [1.807, 2.05) is 0 Å². The molecule has 0 aliphatic rings. The molecule has 0 heterocycles. The van der Waals surface area contributed by atoms with Crippen LogP contribution >= 0.6 is 0 Å². The van der Waals surface area contributed by atoms with Crippen LogP contribution in [0.2, 0.25) is 0 Å². The number of rotatable bonds is 3. The highest BCUT2D eigenvalue weighted by molar-refractivity contribution is 7.87. The van der Waals surface area contributed by atoms with Crippen molar-refractivity contribution in [3.05, 3.63) is 24.3 Å². The molecule has 6 nitrogen and oxygen atoms in total. The first-order valence-corrected chi connectivity index (χ1v) is 5.93. The molecule has 0 radical (unpaired) electrons. The molecule has 0 spiro atoms. The number of carbonyl (C=O) groups is 1. The molecule has 0 saturated carbocycles. The first kappa shape index (κ1) is 15.1. The Balaban J connectivity index is 2.81. The summed E-state index contributed by atoms with van der Waals surface area (Å²) in [5.74, 6) is -0.627. The zero-order chi connectivity index (χ0) is 14.7. The molecule has 0 saturated heterocycles. The van der Waals surface area contributed by atoms with Crippen LogP contribution in [-0.2, 0) is 14.9 Å². The number of hydrogen-bond acceptors (Lipinski definition) is 6. The first-order valence-electron chi connectivity index (χ1n) is 4.52. The minimum atomic E-state index is -5.72. The van der Waals surface area contributed by atoms with Crippen LogP contribution in [0.3, 0.4) is 0 Å². The summed E-state index contributed by atoms with van der Waals surface area (Å²) in [6.07, 6.45) is -1.03. The minimum Gasteiger partial charge on any atom is -0.437 e. The lowest BCUT2D eigenvalue weighted by Crippen LogP contribution is -2.28. The maximum Gasteiger partial charge on any atom is 0.534 e. The van der Waals surface area contributed by atoms with E-state index in [1.54, 1.807) is 0 Å². The molecule has 106 valence electrons. The Labute approximate surface area is 105 Å². The van der Waals surface area contributed by atoms with E-state index in [2.05, 4.69) is 13.7 Å². The molecule has 0 atom stereocenters. The van der Waals surface area contributed by atoms with Gasteiger partial charge in [-0.2, -0.15) is 21.6 Å². The fourth-order valence-corrected chi connectivity index (χ4v) is 1.33. The van der Waals surface area contributed by atoms with E-state index in [9.17, 15) is 26.4 Å². The molecular formula is C9H7F3O6S. The molecule has 10 heteroatoms. The Morgan fingerprint density at radius 3 is 2.00 bits per heavy atom. The number of methoxy groups -OCH3 is 1. The number of halogens is 3. The topological polar surface area (TPSA) is 78.9 Å². The van der Waals surface area contributed by atoms with Gasteiger partial charge in [-0.05, 0) is 24.3 Å². The van der Waals surface area contributed by atoms with Gasteiger partial charge in [-0.1, -0.05) is 0 Å². The maximum atomic E-state index is 12.0. The van der Waals surface area contributed by atoms with E-state index in [0.717, 1.165) is 31.4 Å². The molecule has 0 aliphatic heterocycles. The van der Waals surface area contributed by atoms with Gasteiger partial charge in [-0.3, -0.25) is 0 Å². The SMILES string of the molecule is COC(=O)Oc1ccc(OS(=O)(=O)C(F)(F)F)cc1. The molecule has 1 aromatic carbocycles. The molecule has 0 aromatic heterocycles. The van der Waals surface area contributed by atoms with Crippen LogP contribution in [0.5, 0.6) is 11.5 Å². The van der Waals surface area contributed by atoms with E-state index in [0.29, 0.717) is 0 Å². The van der Waals surface area contributed by atoms with E-state index in [1.165, 1.54) is 0 Å². The van der Waals surface area contributed by atoms with Crippen LogP contribution in [0, 0.1) is 0 Å². The molecule has 1 aromatic rings. The van der Waals surface area contributed by atoms with Gasteiger partial charge in [0.1, 0.15) is 11.5 Å². The number of hydrogen-bond donors (Lipinski definition) is 0. The van der Waals surface area contributed by atoms with Gasteiger partial charge < -0.3 is 13.7 Å². The molecular weight excluding hydrogens is 293 g/mol. The second-order valence-corrected chi connectivity index (χ2v) is 4.55. The molecule has 0 amide bonds. The molecule has 19 heavy (non-hydrogen) atoms. The molecule has 0 N–H and O–H groups in total. The van der Waals surface area contributed by atoms with Crippen LogP contribution < -0.4 is 8.92 Å². The molecule has 0 unspecified atom stereocenters. The summed E-state index contributed by atoms with van der Waals surface area (Å²) in [6.45, 7) is 0. The normalized spacial score (nSPS) is 11.8. The van der Waals surface area contributed by atoms with Crippen LogP contribution in [0.1, 0.15) is 0 Å². The van der Waals surface area contributed by atoms with Crippen molar-refractivity contribution in [1.82, 2.24) is 0 Å². The molecule has 0 aliphatic carbocycles. The summed E-state index contributed by atoms with van der Waals surface area (Å²) in [6, 6.07) is 3.86. The van der Waals surface area contributed by atoms with Crippen LogP contribution in [0.15, 0.2) is 24.3 Å². The predicted octanol–water partition coefficient (Wildman–Crippen LogP) is 2.06. The lowest BCUT2D eigenvalue weighted by Gasteiger charge is -2.09. The largest absolute Gasteiger partial charge is 0.534 e. The highest BCUT2D eigenvalue weighted by atomic mass is 32.2. The van der Waals surface area contributed by atoms with E-state index in [-0.39, 0.29) is 5.75 Å². The van der Waals surface area contributed by atoms with Crippen molar-refractivity contribution in [2.24, 2.45) is 0 Å². The smallest absolute Gasteiger partial charge is 0.437 e. The summed E-state index contributed by atoms with van der Waals surface area (Å²) >= 11 is 0. The number of ether oxygens (including phenoxy) is 2. The van der Waals surface area contributed by atoms with Crippen molar-refractivity contribution in [2.45, 2.75) is 5.51 Å². The highest BCUT2D eigenvalue weighted by Crippen LogP contribution is 2.27. The van der Waals surface area contributed by atoms with Crippen LogP contribution in [-0.4, -0.2) is 27.2 Å². The number of benzene rings is 1. The van der Waals surface area contributed by atoms with Crippen LogP contribution in [0.25, 0.3) is 0 Å². The predicted molar refractivity (Wildman–Crippen MR) is 55.1 cm³/mol. The Bertz CT molecular complexity index is 548. The zero-order valence-corrected chi connectivity index (χ0v) is 10.1. The van der Waals surface area contributed by atoms with Crippen molar-refractivity contribution in [3.8, 4) is 11.5 Å². The molecule has 1 rings (SSSR count). The fraction of sp³-hybridized carbons (Fsp3) is 0.222. The van der Waals surface area contributed by atoms with Crippen molar-refractivity contribution in [3.63, 3.8) is 0 Å². The average Bonchev–Trinajstić information content (AvgIpc) is 2.29. The van der Waals surface area contributed by atoms with Crippen molar-refractivity contribution >= 4 is 16.3 Å². The van der Waals surface area contributed by atoms with E-state index < -0.39 is 27.5 Å². The second-order valence-electron chi connectivity index (χ2n) is 3.01. The van der Waals surface area contributed by atoms with Crippen molar-refractivity contribution in [2.75, 3.05) is 7.11 Å². The third-order valence-electron chi connectivity index (χ3n) is 1.68. The van der Waals surface area contributed by atoms with Gasteiger partial charge in [0.15, 0.2) is 0 Å². The van der Waals surface area contributed by atoms with Crippen molar-refractivity contribution < 1.29 is 40.0 Å². The number of alkyl halides is 3. The lowest BCUT2D eigenvalue weighted by molar-refractivity contribution is -0.0500. The fourth-order valence-electron chi connectivity index (χ4n) is 0.875. The Hall–Kier alpha value is -1.97. The zero-order valence-electron chi connectivity index (χ0n) is 9.30. The molecule has 0 fully saturated rings. The second kappa shape index (κ2) is 5.34. The van der Waals surface area contributed by atoms with Gasteiger partial charge in [0.05, 0.1) is 7.11 Å². The van der Waals surface area contributed by atoms with E-state index in [4.69, 9.17) is 0 Å². The Morgan fingerprint density at radius 1 is 1.11 bits per heavy atom. The quantitative estimate of drug-likeness (QED) is 0.368. The summed E-state index contributed by atoms with van der Waals surface area (Å²) in [4.78, 5) is 10.7. The lowest BCUT2D eigenvalue weighted by atomic mass is 10.3. The van der Waals surface area contributed by atoms with Crippen LogP contribution in [0.4, 0.5) is 18.0 Å². The minimum absolute atomic E-state index is 0.0522. The third kappa shape index (κ3) is 4.02. The Morgan fingerprint density at radius 2 is 1.58 bits per heavy atom. The van der Waals surface area contributed by atoms with Gasteiger partial charge in [-0.15, -0.1) is 0 Å². The maximum absolute atomic E-state index is 12.0. The monoisotopic (exact) mass is 300 g/mol. The molecule has 0 bridgehead atoms. The summed E-state index contributed by atoms with van der Waals surface area (Å²) < 4.78 is 69.9. The van der Waals surface area contributed by atoms with Gasteiger partial charge in [0.25, 0.3) is 0 Å². The van der Waals surface area contributed by atoms with Gasteiger partial charge >= 0.3 is 21.8 Å².